The van der Waals surface area contributed by atoms with Gasteiger partial charge in [0.25, 0.3) is 0 Å². The number of hydrogen-bond donors (Lipinski definition) is 0. The van der Waals surface area contributed by atoms with Crippen LogP contribution in [0.4, 0.5) is 0 Å². The third-order valence-electron chi connectivity index (χ3n) is 0.945. The van der Waals surface area contributed by atoms with Gasteiger partial charge >= 0.3 is 0 Å². The quantitative estimate of drug-likeness (QED) is 0.425. The van der Waals surface area contributed by atoms with Crippen molar-refractivity contribution in [3.05, 3.63) is 27.6 Å². The maximum atomic E-state index is 5.57. The van der Waals surface area contributed by atoms with Crippen LogP contribution in [0, 0.1) is 3.70 Å². The van der Waals surface area contributed by atoms with Crippen molar-refractivity contribution in [3.63, 3.8) is 0 Å². The van der Waals surface area contributed by atoms with E-state index in [4.69, 9.17) is 11.6 Å². The van der Waals surface area contributed by atoms with Crippen LogP contribution in [0.25, 0.3) is 0 Å². The number of nitrogens with zero attached hydrogens (tertiary/aromatic N) is 1. The smallest absolute Gasteiger partial charge is 0.101 e. The van der Waals surface area contributed by atoms with Crippen molar-refractivity contribution >= 4 is 34.2 Å². The van der Waals surface area contributed by atoms with E-state index in [-0.39, 0.29) is 0 Å². The fraction of sp³-hybridized carbons (Fsp3) is 0.167. The minimum atomic E-state index is 0.568. The summed E-state index contributed by atoms with van der Waals surface area (Å²) >= 11 is 7.73. The van der Waals surface area contributed by atoms with Gasteiger partial charge in [0.15, 0.2) is 0 Å². The van der Waals surface area contributed by atoms with Gasteiger partial charge in [0.1, 0.15) is 3.70 Å². The fourth-order valence-corrected chi connectivity index (χ4v) is 1.25. The molecule has 1 rings (SSSR count). The van der Waals surface area contributed by atoms with E-state index in [1.54, 1.807) is 6.20 Å². The van der Waals surface area contributed by atoms with Crippen molar-refractivity contribution in [3.8, 4) is 0 Å². The van der Waals surface area contributed by atoms with Gasteiger partial charge in [0.05, 0.1) is 0 Å². The number of halogens is 2. The highest BCUT2D eigenvalue weighted by molar-refractivity contribution is 14.1. The van der Waals surface area contributed by atoms with Crippen molar-refractivity contribution in [2.24, 2.45) is 0 Å². The summed E-state index contributed by atoms with van der Waals surface area (Å²) in [7, 11) is 0. The van der Waals surface area contributed by atoms with Gasteiger partial charge < -0.3 is 0 Å². The lowest BCUT2D eigenvalue weighted by atomic mass is 10.3. The Hall–Kier alpha value is 0.170. The second kappa shape index (κ2) is 3.37. The topological polar surface area (TPSA) is 12.9 Å². The molecule has 3 heteroatoms. The van der Waals surface area contributed by atoms with E-state index in [0.717, 1.165) is 9.26 Å². The lowest BCUT2D eigenvalue weighted by molar-refractivity contribution is 1.22. The molecule has 0 aliphatic rings. The Labute approximate surface area is 72.6 Å². The van der Waals surface area contributed by atoms with E-state index < -0.39 is 0 Å². The molecule has 0 unspecified atom stereocenters. The number of hydrogen-bond acceptors (Lipinski definition) is 1. The SMILES string of the molecule is ClCc1ccnc(I)c1. The monoisotopic (exact) mass is 253 g/mol. The predicted octanol–water partition coefficient (Wildman–Crippen LogP) is 2.43. The first-order chi connectivity index (χ1) is 4.33. The minimum Gasteiger partial charge on any atom is -0.250 e. The number of rotatable bonds is 1. The van der Waals surface area contributed by atoms with Crippen molar-refractivity contribution in [2.45, 2.75) is 5.88 Å². The lowest BCUT2D eigenvalue weighted by Crippen LogP contribution is -1.81. The van der Waals surface area contributed by atoms with E-state index >= 15 is 0 Å². The molecule has 1 heterocycles. The molecule has 0 aliphatic heterocycles. The molecule has 0 aromatic carbocycles. The molecule has 0 spiro atoms. The molecule has 1 nitrogen and oxygen atoms in total. The van der Waals surface area contributed by atoms with Crippen molar-refractivity contribution < 1.29 is 0 Å². The first-order valence-corrected chi connectivity index (χ1v) is 4.10. The van der Waals surface area contributed by atoms with Gasteiger partial charge in [0.2, 0.25) is 0 Å². The lowest BCUT2D eigenvalue weighted by Gasteiger charge is -1.92. The van der Waals surface area contributed by atoms with Crippen molar-refractivity contribution in [1.29, 1.82) is 0 Å². The molecule has 0 N–H and O–H groups in total. The highest BCUT2D eigenvalue weighted by Crippen LogP contribution is 2.05. The molecule has 0 aliphatic carbocycles. The van der Waals surface area contributed by atoms with Gasteiger partial charge in [-0.05, 0) is 40.3 Å². The molecule has 0 saturated heterocycles. The molecule has 0 bridgehead atoms. The first-order valence-electron chi connectivity index (χ1n) is 2.49. The van der Waals surface area contributed by atoms with Gasteiger partial charge in [-0.1, -0.05) is 0 Å². The normalized spacial score (nSPS) is 9.56. The fourth-order valence-electron chi connectivity index (χ4n) is 0.526. The number of alkyl halides is 1. The van der Waals surface area contributed by atoms with Gasteiger partial charge in [-0.3, -0.25) is 4.98 Å². The zero-order chi connectivity index (χ0) is 6.69. The van der Waals surface area contributed by atoms with E-state index in [0.29, 0.717) is 5.88 Å². The van der Waals surface area contributed by atoms with Crippen LogP contribution in [-0.4, -0.2) is 4.98 Å². The van der Waals surface area contributed by atoms with Gasteiger partial charge in [-0.2, -0.15) is 0 Å². The number of pyridine rings is 1. The third-order valence-corrected chi connectivity index (χ3v) is 1.84. The van der Waals surface area contributed by atoms with E-state index in [1.165, 1.54) is 0 Å². The molecule has 1 aromatic rings. The second-order valence-corrected chi connectivity index (χ2v) is 2.99. The average molecular weight is 253 g/mol. The Morgan fingerprint density at radius 1 is 1.67 bits per heavy atom. The van der Waals surface area contributed by atoms with Gasteiger partial charge in [0, 0.05) is 12.1 Å². The molecular weight excluding hydrogens is 248 g/mol. The van der Waals surface area contributed by atoms with Gasteiger partial charge in [-0.15, -0.1) is 11.6 Å². The maximum absolute atomic E-state index is 5.57. The summed E-state index contributed by atoms with van der Waals surface area (Å²) in [5.74, 6) is 0.568. The summed E-state index contributed by atoms with van der Waals surface area (Å²) in [4.78, 5) is 4.02. The Balaban J connectivity index is 2.94. The molecule has 48 valence electrons. The maximum Gasteiger partial charge on any atom is 0.101 e. The molecule has 0 amide bonds. The summed E-state index contributed by atoms with van der Waals surface area (Å²) in [6, 6.07) is 3.88. The van der Waals surface area contributed by atoms with Crippen LogP contribution in [0.1, 0.15) is 5.56 Å². The van der Waals surface area contributed by atoms with Crippen molar-refractivity contribution in [2.75, 3.05) is 0 Å². The van der Waals surface area contributed by atoms with Crippen LogP contribution in [0.5, 0.6) is 0 Å². The molecule has 0 fully saturated rings. The summed E-state index contributed by atoms with van der Waals surface area (Å²) < 4.78 is 0.991. The summed E-state index contributed by atoms with van der Waals surface area (Å²) in [6.07, 6.45) is 1.76. The van der Waals surface area contributed by atoms with Crippen LogP contribution < -0.4 is 0 Å². The third kappa shape index (κ3) is 2.10. The standard InChI is InChI=1S/C6H5ClIN/c7-4-5-1-2-9-6(8)3-5/h1-3H,4H2. The average Bonchev–Trinajstić information content (AvgIpc) is 1.88. The first kappa shape index (κ1) is 7.28. The van der Waals surface area contributed by atoms with E-state index in [9.17, 15) is 0 Å². The van der Waals surface area contributed by atoms with Crippen molar-refractivity contribution in [1.82, 2.24) is 4.98 Å². The van der Waals surface area contributed by atoms with Crippen LogP contribution in [0.15, 0.2) is 18.3 Å². The summed E-state index contributed by atoms with van der Waals surface area (Å²) in [6.45, 7) is 0. The van der Waals surface area contributed by atoms with E-state index in [1.807, 2.05) is 12.1 Å². The molecular formula is C6H5ClIN. The largest absolute Gasteiger partial charge is 0.250 e. The highest BCUT2D eigenvalue weighted by Gasteiger charge is 1.89. The molecule has 1 aromatic heterocycles. The Bertz CT molecular complexity index is 202. The molecule has 9 heavy (non-hydrogen) atoms. The van der Waals surface area contributed by atoms with E-state index in [2.05, 4.69) is 27.6 Å². The molecule has 0 saturated carbocycles. The zero-order valence-electron chi connectivity index (χ0n) is 4.64. The highest BCUT2D eigenvalue weighted by atomic mass is 127. The molecule has 0 atom stereocenters. The van der Waals surface area contributed by atoms with Crippen LogP contribution in [-0.2, 0) is 5.88 Å². The summed E-state index contributed by atoms with van der Waals surface area (Å²) in [5, 5.41) is 0. The Morgan fingerprint density at radius 2 is 2.44 bits per heavy atom. The molecule has 0 radical (unpaired) electrons. The van der Waals surface area contributed by atoms with Crippen LogP contribution in [0.3, 0.4) is 0 Å². The second-order valence-electron chi connectivity index (χ2n) is 1.62. The number of aromatic nitrogens is 1. The van der Waals surface area contributed by atoms with Crippen LogP contribution in [0.2, 0.25) is 0 Å². The minimum absolute atomic E-state index is 0.568. The Morgan fingerprint density at radius 3 is 2.89 bits per heavy atom. The van der Waals surface area contributed by atoms with Gasteiger partial charge in [-0.25, -0.2) is 0 Å². The zero-order valence-corrected chi connectivity index (χ0v) is 7.56. The summed E-state index contributed by atoms with van der Waals surface area (Å²) in [5.41, 5.74) is 1.12. The van der Waals surface area contributed by atoms with Crippen LogP contribution >= 0.6 is 34.2 Å². The Kier molecular flexibility index (Phi) is 2.72. The predicted molar refractivity (Wildman–Crippen MR) is 46.5 cm³/mol.